The molecule has 0 aliphatic heterocycles. The van der Waals surface area contributed by atoms with Crippen LogP contribution < -0.4 is 0 Å². The van der Waals surface area contributed by atoms with E-state index in [1.807, 2.05) is 25.1 Å². The number of hydrogen-bond acceptors (Lipinski definition) is 3. The lowest BCUT2D eigenvalue weighted by Gasteiger charge is -1.92. The number of aryl methyl sites for hydroxylation is 1. The van der Waals surface area contributed by atoms with Gasteiger partial charge in [0.05, 0.1) is 0 Å². The number of nitrogens with one attached hydrogen (secondary N) is 1. The Hall–Kier alpha value is -1.81. The second-order valence-corrected chi connectivity index (χ2v) is 4.00. The van der Waals surface area contributed by atoms with E-state index >= 15 is 0 Å². The first-order valence-electron chi connectivity index (χ1n) is 4.80. The van der Waals surface area contributed by atoms with Crippen LogP contribution in [0.3, 0.4) is 0 Å². The topological polar surface area (TPSA) is 54.7 Å². The van der Waals surface area contributed by atoms with Crippen molar-refractivity contribution in [1.29, 1.82) is 0 Å². The van der Waals surface area contributed by atoms with Crippen LogP contribution in [0.15, 0.2) is 29.0 Å². The van der Waals surface area contributed by atoms with Gasteiger partial charge in [0.15, 0.2) is 0 Å². The van der Waals surface area contributed by atoms with E-state index in [9.17, 15) is 0 Å². The minimum atomic E-state index is 0.491. The van der Waals surface area contributed by atoms with Gasteiger partial charge in [-0.1, -0.05) is 11.6 Å². The van der Waals surface area contributed by atoms with E-state index in [2.05, 4.69) is 15.2 Å². The van der Waals surface area contributed by atoms with E-state index in [-0.39, 0.29) is 0 Å². The third-order valence-electron chi connectivity index (χ3n) is 2.59. The zero-order chi connectivity index (χ0) is 11.1. The molecule has 3 rings (SSSR count). The summed E-state index contributed by atoms with van der Waals surface area (Å²) in [5, 5.41) is 9.33. The molecule has 5 heteroatoms. The van der Waals surface area contributed by atoms with Gasteiger partial charge in [0.1, 0.15) is 5.69 Å². The van der Waals surface area contributed by atoms with Gasteiger partial charge in [-0.2, -0.15) is 0 Å². The highest BCUT2D eigenvalue weighted by Crippen LogP contribution is 2.29. The minimum absolute atomic E-state index is 0.491. The van der Waals surface area contributed by atoms with Crippen LogP contribution in [0.25, 0.3) is 22.5 Å². The molecule has 0 atom stereocenters. The molecule has 1 aromatic carbocycles. The number of aromatic amines is 1. The van der Waals surface area contributed by atoms with Gasteiger partial charge in [-0.05, 0) is 30.7 Å². The second-order valence-electron chi connectivity index (χ2n) is 3.56. The highest BCUT2D eigenvalue weighted by Gasteiger charge is 2.13. The van der Waals surface area contributed by atoms with Crippen molar-refractivity contribution >= 4 is 22.5 Å². The molecule has 80 valence electrons. The largest absolute Gasteiger partial charge is 0.422 e. The van der Waals surface area contributed by atoms with Gasteiger partial charge in [-0.15, -0.1) is 10.2 Å². The van der Waals surface area contributed by atoms with Crippen molar-refractivity contribution in [3.05, 3.63) is 35.2 Å². The first-order chi connectivity index (χ1) is 7.75. The number of hydrogen-bond donors (Lipinski definition) is 1. The molecule has 2 aromatic heterocycles. The van der Waals surface area contributed by atoms with Crippen molar-refractivity contribution < 1.29 is 4.42 Å². The van der Waals surface area contributed by atoms with Gasteiger partial charge >= 0.3 is 0 Å². The zero-order valence-corrected chi connectivity index (χ0v) is 9.25. The van der Waals surface area contributed by atoms with Crippen molar-refractivity contribution in [2.75, 3.05) is 0 Å². The molecule has 3 aromatic rings. The molecule has 0 fully saturated rings. The number of nitrogens with zero attached hydrogens (tertiary/aromatic N) is 2. The van der Waals surface area contributed by atoms with Gasteiger partial charge in [-0.3, -0.25) is 0 Å². The molecule has 0 saturated heterocycles. The molecule has 0 radical (unpaired) electrons. The molecule has 1 N–H and O–H groups in total. The maximum Gasteiger partial charge on any atom is 0.264 e. The number of aromatic nitrogens is 3. The molecule has 0 aliphatic rings. The SMILES string of the molecule is Cc1c(-c2nnco2)[nH]c2ccc(Cl)cc12. The summed E-state index contributed by atoms with van der Waals surface area (Å²) in [6.07, 6.45) is 1.31. The summed E-state index contributed by atoms with van der Waals surface area (Å²) in [5.74, 6) is 0.491. The lowest BCUT2D eigenvalue weighted by Crippen LogP contribution is -1.80. The first-order valence-corrected chi connectivity index (χ1v) is 5.18. The van der Waals surface area contributed by atoms with Crippen LogP contribution in [0.1, 0.15) is 5.56 Å². The molecular formula is C11H8ClN3O. The van der Waals surface area contributed by atoms with Crippen molar-refractivity contribution in [2.45, 2.75) is 6.92 Å². The average molecular weight is 234 g/mol. The number of benzene rings is 1. The fraction of sp³-hybridized carbons (Fsp3) is 0.0909. The van der Waals surface area contributed by atoms with E-state index in [0.717, 1.165) is 22.2 Å². The summed E-state index contributed by atoms with van der Waals surface area (Å²) in [5.41, 5.74) is 2.91. The predicted molar refractivity (Wildman–Crippen MR) is 61.3 cm³/mol. The summed E-state index contributed by atoms with van der Waals surface area (Å²) in [6, 6.07) is 5.70. The molecule has 2 heterocycles. The van der Waals surface area contributed by atoms with Crippen LogP contribution in [-0.2, 0) is 0 Å². The van der Waals surface area contributed by atoms with Gasteiger partial charge < -0.3 is 9.40 Å². The molecular weight excluding hydrogens is 226 g/mol. The van der Waals surface area contributed by atoms with Crippen molar-refractivity contribution in [3.8, 4) is 11.6 Å². The van der Waals surface area contributed by atoms with E-state index in [4.69, 9.17) is 16.0 Å². The van der Waals surface area contributed by atoms with Crippen LogP contribution >= 0.6 is 11.6 Å². The maximum absolute atomic E-state index is 5.96. The maximum atomic E-state index is 5.96. The number of H-pyrrole nitrogens is 1. The normalized spacial score (nSPS) is 11.1. The summed E-state index contributed by atoms with van der Waals surface area (Å²) in [6.45, 7) is 1.99. The quantitative estimate of drug-likeness (QED) is 0.702. The van der Waals surface area contributed by atoms with Gasteiger partial charge in [0, 0.05) is 15.9 Å². The lowest BCUT2D eigenvalue weighted by atomic mass is 10.1. The van der Waals surface area contributed by atoms with Crippen molar-refractivity contribution in [1.82, 2.24) is 15.2 Å². The Morgan fingerprint density at radius 2 is 2.25 bits per heavy atom. The summed E-state index contributed by atoms with van der Waals surface area (Å²) >= 11 is 5.96. The highest BCUT2D eigenvalue weighted by molar-refractivity contribution is 6.31. The predicted octanol–water partition coefficient (Wildman–Crippen LogP) is 3.18. The molecule has 0 unspecified atom stereocenters. The first kappa shape index (κ1) is 9.42. The Morgan fingerprint density at radius 1 is 1.38 bits per heavy atom. The Balaban J connectivity index is 2.32. The minimum Gasteiger partial charge on any atom is -0.422 e. The van der Waals surface area contributed by atoms with Crippen LogP contribution in [0.2, 0.25) is 5.02 Å². The fourth-order valence-corrected chi connectivity index (χ4v) is 1.97. The van der Waals surface area contributed by atoms with E-state index in [0.29, 0.717) is 10.9 Å². The number of fused-ring (bicyclic) bond motifs is 1. The Bertz CT molecular complexity index is 643. The molecule has 4 nitrogen and oxygen atoms in total. The van der Waals surface area contributed by atoms with Crippen molar-refractivity contribution in [3.63, 3.8) is 0 Å². The van der Waals surface area contributed by atoms with Gasteiger partial charge in [0.2, 0.25) is 6.39 Å². The van der Waals surface area contributed by atoms with Crippen molar-refractivity contribution in [2.24, 2.45) is 0 Å². The summed E-state index contributed by atoms with van der Waals surface area (Å²) < 4.78 is 5.17. The monoisotopic (exact) mass is 233 g/mol. The van der Waals surface area contributed by atoms with Crippen LogP contribution in [0.5, 0.6) is 0 Å². The molecule has 0 amide bonds. The van der Waals surface area contributed by atoms with E-state index in [1.54, 1.807) is 0 Å². The third-order valence-corrected chi connectivity index (χ3v) is 2.83. The summed E-state index contributed by atoms with van der Waals surface area (Å²) in [4.78, 5) is 3.24. The standard InChI is InChI=1S/C11H8ClN3O/c1-6-8-4-7(12)2-3-9(8)14-10(6)11-15-13-5-16-11/h2-5,14H,1H3. The number of rotatable bonds is 1. The van der Waals surface area contributed by atoms with Crippen LogP contribution in [0.4, 0.5) is 0 Å². The van der Waals surface area contributed by atoms with E-state index < -0.39 is 0 Å². The van der Waals surface area contributed by atoms with E-state index in [1.165, 1.54) is 6.39 Å². The molecule has 16 heavy (non-hydrogen) atoms. The zero-order valence-electron chi connectivity index (χ0n) is 8.49. The molecule has 0 saturated carbocycles. The Kier molecular flexibility index (Phi) is 1.97. The average Bonchev–Trinajstić information content (AvgIpc) is 2.87. The smallest absolute Gasteiger partial charge is 0.264 e. The summed E-state index contributed by atoms with van der Waals surface area (Å²) in [7, 11) is 0. The van der Waals surface area contributed by atoms with Gasteiger partial charge in [0.25, 0.3) is 5.89 Å². The van der Waals surface area contributed by atoms with Gasteiger partial charge in [-0.25, -0.2) is 0 Å². The Morgan fingerprint density at radius 3 is 3.00 bits per heavy atom. The third kappa shape index (κ3) is 1.31. The van der Waals surface area contributed by atoms with Crippen LogP contribution in [-0.4, -0.2) is 15.2 Å². The lowest BCUT2D eigenvalue weighted by molar-refractivity contribution is 0.566. The molecule has 0 bridgehead atoms. The Labute approximate surface area is 96.2 Å². The molecule has 0 aliphatic carbocycles. The number of halogens is 1. The fourth-order valence-electron chi connectivity index (χ4n) is 1.79. The molecule has 0 spiro atoms. The second kappa shape index (κ2) is 3.35. The van der Waals surface area contributed by atoms with Crippen LogP contribution in [0, 0.1) is 6.92 Å². The highest BCUT2D eigenvalue weighted by atomic mass is 35.5.